The fourth-order valence-corrected chi connectivity index (χ4v) is 5.05. The molecular formula is C22H38O4. The number of carbonyl (C=O) groups excluding carboxylic acids is 1. The Morgan fingerprint density at radius 2 is 1.73 bits per heavy atom. The van der Waals surface area contributed by atoms with Crippen molar-refractivity contribution in [1.29, 1.82) is 0 Å². The third kappa shape index (κ3) is 7.77. The van der Waals surface area contributed by atoms with Crippen molar-refractivity contribution in [2.45, 2.75) is 109 Å². The van der Waals surface area contributed by atoms with Gasteiger partial charge in [-0.3, -0.25) is 9.59 Å². The lowest BCUT2D eigenvalue weighted by Crippen LogP contribution is -2.19. The van der Waals surface area contributed by atoms with Gasteiger partial charge < -0.3 is 10.2 Å². The van der Waals surface area contributed by atoms with Crippen LogP contribution in [-0.4, -0.2) is 28.1 Å². The van der Waals surface area contributed by atoms with E-state index in [2.05, 4.69) is 0 Å². The van der Waals surface area contributed by atoms with Crippen molar-refractivity contribution in [2.24, 2.45) is 17.8 Å². The Morgan fingerprint density at radius 1 is 1.00 bits per heavy atom. The summed E-state index contributed by atoms with van der Waals surface area (Å²) >= 11 is 0. The number of ketones is 1. The Kier molecular flexibility index (Phi) is 9.66. The van der Waals surface area contributed by atoms with E-state index in [0.717, 1.165) is 57.8 Å². The second-order valence-corrected chi connectivity index (χ2v) is 8.69. The summed E-state index contributed by atoms with van der Waals surface area (Å²) in [5, 5.41) is 19.1. The van der Waals surface area contributed by atoms with E-state index in [1.165, 1.54) is 32.1 Å². The highest BCUT2D eigenvalue weighted by Crippen LogP contribution is 2.37. The molecule has 2 aliphatic carbocycles. The topological polar surface area (TPSA) is 74.6 Å². The van der Waals surface area contributed by atoms with E-state index in [4.69, 9.17) is 5.11 Å². The van der Waals surface area contributed by atoms with Crippen molar-refractivity contribution < 1.29 is 19.8 Å². The standard InChI is InChI=1S/C22H38O4/c23-19(16-17-8-4-3-5-9-17)14-12-18-13-15-21(24)20(18)10-6-1-2-7-11-22(25)26/h17-20,23H,1-16H2,(H,25,26)/t18-,19?,20+/m0/s1. The maximum atomic E-state index is 12.2. The quantitative estimate of drug-likeness (QED) is 0.470. The molecule has 26 heavy (non-hydrogen) atoms. The van der Waals surface area contributed by atoms with Gasteiger partial charge in [0.1, 0.15) is 5.78 Å². The first-order valence-electron chi connectivity index (χ1n) is 11.0. The molecule has 4 heteroatoms. The molecule has 0 saturated heterocycles. The predicted octanol–water partition coefficient (Wildman–Crippen LogP) is 5.12. The van der Waals surface area contributed by atoms with Crippen LogP contribution in [0.4, 0.5) is 0 Å². The smallest absolute Gasteiger partial charge is 0.303 e. The minimum absolute atomic E-state index is 0.189. The van der Waals surface area contributed by atoms with Crippen molar-refractivity contribution in [1.82, 2.24) is 0 Å². The van der Waals surface area contributed by atoms with Gasteiger partial charge in [-0.05, 0) is 50.4 Å². The first kappa shape index (κ1) is 21.4. The first-order chi connectivity index (χ1) is 12.6. The molecule has 2 saturated carbocycles. The van der Waals surface area contributed by atoms with Crippen LogP contribution < -0.4 is 0 Å². The van der Waals surface area contributed by atoms with Crippen LogP contribution in [-0.2, 0) is 9.59 Å². The lowest BCUT2D eigenvalue weighted by Gasteiger charge is -2.25. The number of Topliss-reactive ketones (excluding diaryl/α,β-unsaturated/α-hetero) is 1. The average molecular weight is 367 g/mol. The molecule has 0 aromatic rings. The maximum absolute atomic E-state index is 12.2. The van der Waals surface area contributed by atoms with Crippen LogP contribution in [0.15, 0.2) is 0 Å². The Morgan fingerprint density at radius 3 is 2.46 bits per heavy atom. The van der Waals surface area contributed by atoms with Gasteiger partial charge in [0.25, 0.3) is 0 Å². The molecule has 0 aliphatic heterocycles. The number of unbranched alkanes of at least 4 members (excludes halogenated alkanes) is 3. The Hall–Kier alpha value is -0.900. The zero-order chi connectivity index (χ0) is 18.8. The van der Waals surface area contributed by atoms with Gasteiger partial charge in [0.05, 0.1) is 6.10 Å². The van der Waals surface area contributed by atoms with E-state index < -0.39 is 5.97 Å². The largest absolute Gasteiger partial charge is 0.481 e. The lowest BCUT2D eigenvalue weighted by atomic mass is 9.82. The van der Waals surface area contributed by atoms with E-state index in [0.29, 0.717) is 24.0 Å². The van der Waals surface area contributed by atoms with E-state index in [-0.39, 0.29) is 18.4 Å². The third-order valence-electron chi connectivity index (χ3n) is 6.60. The molecule has 0 aromatic heterocycles. The normalized spacial score (nSPS) is 25.5. The number of carboxylic acid groups (broad SMARTS) is 1. The molecule has 2 rings (SSSR count). The molecule has 2 N–H and O–H groups in total. The summed E-state index contributed by atoms with van der Waals surface area (Å²) in [7, 11) is 0. The Labute approximate surface area is 158 Å². The molecule has 2 aliphatic rings. The van der Waals surface area contributed by atoms with Gasteiger partial charge in [0, 0.05) is 18.8 Å². The molecule has 0 aromatic carbocycles. The number of carbonyl (C=O) groups is 2. The molecule has 4 nitrogen and oxygen atoms in total. The molecule has 0 amide bonds. The molecule has 3 atom stereocenters. The summed E-state index contributed by atoms with van der Waals surface area (Å²) in [6, 6.07) is 0. The van der Waals surface area contributed by atoms with Crippen LogP contribution in [0.2, 0.25) is 0 Å². The van der Waals surface area contributed by atoms with Crippen LogP contribution in [0.1, 0.15) is 103 Å². The number of aliphatic hydroxyl groups excluding tert-OH is 1. The number of carboxylic acids is 1. The number of rotatable bonds is 12. The van der Waals surface area contributed by atoms with Gasteiger partial charge in [0.2, 0.25) is 0 Å². The lowest BCUT2D eigenvalue weighted by molar-refractivity contribution is -0.137. The fourth-order valence-electron chi connectivity index (χ4n) is 5.05. The molecule has 0 spiro atoms. The molecule has 1 unspecified atom stereocenters. The summed E-state index contributed by atoms with van der Waals surface area (Å²) in [5.74, 6) is 1.06. The SMILES string of the molecule is O=C(O)CCCCCC[C@H]1C(=O)CC[C@@H]1CCC(O)CC1CCCCC1. The van der Waals surface area contributed by atoms with E-state index in [1.54, 1.807) is 0 Å². The van der Waals surface area contributed by atoms with E-state index in [9.17, 15) is 14.7 Å². The molecule has 150 valence electrons. The highest BCUT2D eigenvalue weighted by molar-refractivity contribution is 5.83. The zero-order valence-electron chi connectivity index (χ0n) is 16.3. The minimum atomic E-state index is -0.720. The first-order valence-corrected chi connectivity index (χ1v) is 11.0. The minimum Gasteiger partial charge on any atom is -0.481 e. The van der Waals surface area contributed by atoms with Gasteiger partial charge in [0.15, 0.2) is 0 Å². The van der Waals surface area contributed by atoms with Crippen LogP contribution in [0, 0.1) is 17.8 Å². The van der Waals surface area contributed by atoms with Crippen LogP contribution in [0.5, 0.6) is 0 Å². The van der Waals surface area contributed by atoms with Crippen molar-refractivity contribution in [3.05, 3.63) is 0 Å². The van der Waals surface area contributed by atoms with Gasteiger partial charge in [-0.1, -0.05) is 51.4 Å². The Bertz CT molecular complexity index is 428. The van der Waals surface area contributed by atoms with E-state index >= 15 is 0 Å². The number of aliphatic hydroxyl groups is 1. The number of hydrogen-bond donors (Lipinski definition) is 2. The average Bonchev–Trinajstić information content (AvgIpc) is 2.97. The number of aliphatic carboxylic acids is 1. The van der Waals surface area contributed by atoms with Crippen molar-refractivity contribution in [2.75, 3.05) is 0 Å². The second-order valence-electron chi connectivity index (χ2n) is 8.69. The van der Waals surface area contributed by atoms with Crippen molar-refractivity contribution in [3.63, 3.8) is 0 Å². The van der Waals surface area contributed by atoms with Crippen LogP contribution >= 0.6 is 0 Å². The summed E-state index contributed by atoms with van der Waals surface area (Å²) in [6.45, 7) is 0. The van der Waals surface area contributed by atoms with Gasteiger partial charge in [-0.25, -0.2) is 0 Å². The highest BCUT2D eigenvalue weighted by Gasteiger charge is 2.34. The van der Waals surface area contributed by atoms with Gasteiger partial charge in [-0.15, -0.1) is 0 Å². The predicted molar refractivity (Wildman–Crippen MR) is 103 cm³/mol. The summed E-state index contributed by atoms with van der Waals surface area (Å²) in [5.41, 5.74) is 0. The summed E-state index contributed by atoms with van der Waals surface area (Å²) in [6.07, 6.45) is 15.8. The summed E-state index contributed by atoms with van der Waals surface area (Å²) < 4.78 is 0. The van der Waals surface area contributed by atoms with Crippen molar-refractivity contribution in [3.8, 4) is 0 Å². The van der Waals surface area contributed by atoms with Gasteiger partial charge >= 0.3 is 5.97 Å². The maximum Gasteiger partial charge on any atom is 0.303 e. The Balaban J connectivity index is 1.62. The fraction of sp³-hybridized carbons (Fsp3) is 0.909. The molecule has 2 fully saturated rings. The van der Waals surface area contributed by atoms with E-state index in [1.807, 2.05) is 0 Å². The molecular weight excluding hydrogens is 328 g/mol. The van der Waals surface area contributed by atoms with Crippen molar-refractivity contribution >= 4 is 11.8 Å². The van der Waals surface area contributed by atoms with Crippen LogP contribution in [0.25, 0.3) is 0 Å². The number of hydrogen-bond acceptors (Lipinski definition) is 3. The monoisotopic (exact) mass is 366 g/mol. The van der Waals surface area contributed by atoms with Gasteiger partial charge in [-0.2, -0.15) is 0 Å². The van der Waals surface area contributed by atoms with Crippen LogP contribution in [0.3, 0.4) is 0 Å². The molecule has 0 radical (unpaired) electrons. The molecule has 0 bridgehead atoms. The zero-order valence-corrected chi connectivity index (χ0v) is 16.3. The summed E-state index contributed by atoms with van der Waals surface area (Å²) in [4.78, 5) is 22.7. The molecule has 0 heterocycles. The second kappa shape index (κ2) is 11.7. The highest BCUT2D eigenvalue weighted by atomic mass is 16.4. The third-order valence-corrected chi connectivity index (χ3v) is 6.60.